The highest BCUT2D eigenvalue weighted by molar-refractivity contribution is 5.83. The highest BCUT2D eigenvalue weighted by Crippen LogP contribution is 2.29. The maximum atomic E-state index is 5.26. The zero-order valence-corrected chi connectivity index (χ0v) is 14.7. The topological polar surface area (TPSA) is 56.1 Å². The fraction of sp³-hybridized carbons (Fsp3) is 0.421. The van der Waals surface area contributed by atoms with Gasteiger partial charge < -0.3 is 14.2 Å². The predicted octanol–water partition coefficient (Wildman–Crippen LogP) is 2.97. The van der Waals surface area contributed by atoms with E-state index in [0.717, 1.165) is 35.7 Å². The number of rotatable bonds is 4. The van der Waals surface area contributed by atoms with Crippen molar-refractivity contribution in [3.63, 3.8) is 0 Å². The zero-order valence-electron chi connectivity index (χ0n) is 14.7. The number of aryl methyl sites for hydroxylation is 1. The minimum absolute atomic E-state index is 0.433. The summed E-state index contributed by atoms with van der Waals surface area (Å²) >= 11 is 0. The average molecular weight is 337 g/mol. The number of hydrogen-bond acceptors (Lipinski definition) is 5. The summed E-state index contributed by atoms with van der Waals surface area (Å²) < 4.78 is 7.21. The summed E-state index contributed by atoms with van der Waals surface area (Å²) in [5.74, 6) is 1.86. The van der Waals surface area contributed by atoms with Crippen LogP contribution in [-0.2, 0) is 13.5 Å². The molecule has 1 aliphatic rings. The molecule has 6 heteroatoms. The molecule has 1 atom stereocenters. The quantitative estimate of drug-likeness (QED) is 0.732. The number of methoxy groups -OCH3 is 1. The lowest BCUT2D eigenvalue weighted by Gasteiger charge is -2.36. The van der Waals surface area contributed by atoms with E-state index in [9.17, 15) is 0 Å². The van der Waals surface area contributed by atoms with Crippen molar-refractivity contribution in [1.29, 1.82) is 0 Å². The summed E-state index contributed by atoms with van der Waals surface area (Å²) in [6.07, 6.45) is 8.08. The van der Waals surface area contributed by atoms with E-state index in [1.807, 2.05) is 30.1 Å². The molecule has 0 spiro atoms. The highest BCUT2D eigenvalue weighted by Gasteiger charge is 2.26. The van der Waals surface area contributed by atoms with Crippen LogP contribution in [0, 0.1) is 0 Å². The first-order valence-electron chi connectivity index (χ1n) is 8.78. The van der Waals surface area contributed by atoms with Gasteiger partial charge in [-0.15, -0.1) is 0 Å². The molecule has 0 aliphatic carbocycles. The van der Waals surface area contributed by atoms with Crippen LogP contribution in [-0.4, -0.2) is 39.2 Å². The molecule has 1 unspecified atom stereocenters. The first-order chi connectivity index (χ1) is 12.3. The Balaban J connectivity index is 1.64. The van der Waals surface area contributed by atoms with Gasteiger partial charge in [0, 0.05) is 19.6 Å². The van der Waals surface area contributed by atoms with Gasteiger partial charge in [0.25, 0.3) is 0 Å². The lowest BCUT2D eigenvalue weighted by molar-refractivity contribution is 0.414. The number of nitrogens with zero attached hydrogens (tertiary/aromatic N) is 5. The SMILES string of the molecule is COc1ccc(CC2CCCCN2c2ncnc3c2ncn3C)cc1. The molecule has 3 aromatic rings. The number of imidazole rings is 1. The van der Waals surface area contributed by atoms with E-state index < -0.39 is 0 Å². The minimum Gasteiger partial charge on any atom is -0.497 e. The van der Waals surface area contributed by atoms with E-state index in [-0.39, 0.29) is 0 Å². The second kappa shape index (κ2) is 6.70. The van der Waals surface area contributed by atoms with Crippen LogP contribution in [0.2, 0.25) is 0 Å². The summed E-state index contributed by atoms with van der Waals surface area (Å²) in [5.41, 5.74) is 3.11. The van der Waals surface area contributed by atoms with Crippen molar-refractivity contribution >= 4 is 17.0 Å². The van der Waals surface area contributed by atoms with E-state index in [1.165, 1.54) is 24.8 Å². The number of benzene rings is 1. The van der Waals surface area contributed by atoms with E-state index in [0.29, 0.717) is 6.04 Å². The van der Waals surface area contributed by atoms with Crippen LogP contribution < -0.4 is 9.64 Å². The van der Waals surface area contributed by atoms with E-state index >= 15 is 0 Å². The number of piperidine rings is 1. The Morgan fingerprint density at radius 3 is 2.76 bits per heavy atom. The van der Waals surface area contributed by atoms with Crippen molar-refractivity contribution in [3.05, 3.63) is 42.5 Å². The molecule has 0 radical (unpaired) electrons. The molecule has 4 rings (SSSR count). The fourth-order valence-electron chi connectivity index (χ4n) is 3.67. The summed E-state index contributed by atoms with van der Waals surface area (Å²) in [5, 5.41) is 0. The molecule has 0 amide bonds. The van der Waals surface area contributed by atoms with E-state index in [4.69, 9.17) is 4.74 Å². The molecule has 1 fully saturated rings. The van der Waals surface area contributed by atoms with Crippen LogP contribution in [0.3, 0.4) is 0 Å². The predicted molar refractivity (Wildman–Crippen MR) is 98.0 cm³/mol. The summed E-state index contributed by atoms with van der Waals surface area (Å²) in [6, 6.07) is 8.81. The Morgan fingerprint density at radius 1 is 1.12 bits per heavy atom. The maximum Gasteiger partial charge on any atom is 0.165 e. The number of ether oxygens (including phenoxy) is 1. The molecule has 1 aromatic carbocycles. The van der Waals surface area contributed by atoms with Gasteiger partial charge >= 0.3 is 0 Å². The van der Waals surface area contributed by atoms with Crippen molar-refractivity contribution < 1.29 is 4.74 Å². The van der Waals surface area contributed by atoms with Crippen molar-refractivity contribution in [2.75, 3.05) is 18.6 Å². The summed E-state index contributed by atoms with van der Waals surface area (Å²) in [4.78, 5) is 15.9. The normalized spacial score (nSPS) is 17.8. The van der Waals surface area contributed by atoms with Gasteiger partial charge in [-0.25, -0.2) is 15.0 Å². The van der Waals surface area contributed by atoms with Gasteiger partial charge in [0.2, 0.25) is 0 Å². The molecule has 130 valence electrons. The Labute approximate surface area is 147 Å². The van der Waals surface area contributed by atoms with Crippen LogP contribution in [0.1, 0.15) is 24.8 Å². The molecule has 1 aliphatic heterocycles. The van der Waals surface area contributed by atoms with E-state index in [2.05, 4.69) is 32.0 Å². The number of hydrogen-bond donors (Lipinski definition) is 0. The Kier molecular flexibility index (Phi) is 4.26. The average Bonchev–Trinajstić information content (AvgIpc) is 3.04. The van der Waals surface area contributed by atoms with Gasteiger partial charge in [0.15, 0.2) is 17.0 Å². The van der Waals surface area contributed by atoms with Crippen LogP contribution >= 0.6 is 0 Å². The van der Waals surface area contributed by atoms with Gasteiger partial charge in [-0.05, 0) is 43.4 Å². The van der Waals surface area contributed by atoms with Gasteiger partial charge in [0.1, 0.15) is 12.1 Å². The lowest BCUT2D eigenvalue weighted by atomic mass is 9.95. The van der Waals surface area contributed by atoms with Crippen LogP contribution in [0.15, 0.2) is 36.9 Å². The van der Waals surface area contributed by atoms with Crippen molar-refractivity contribution in [1.82, 2.24) is 19.5 Å². The van der Waals surface area contributed by atoms with Crippen LogP contribution in [0.4, 0.5) is 5.82 Å². The van der Waals surface area contributed by atoms with Crippen molar-refractivity contribution in [2.45, 2.75) is 31.7 Å². The highest BCUT2D eigenvalue weighted by atomic mass is 16.5. The largest absolute Gasteiger partial charge is 0.497 e. The third-order valence-electron chi connectivity index (χ3n) is 5.01. The van der Waals surface area contributed by atoms with Crippen molar-refractivity contribution in [3.8, 4) is 5.75 Å². The number of aromatic nitrogens is 4. The van der Waals surface area contributed by atoms with Gasteiger partial charge in [-0.2, -0.15) is 0 Å². The van der Waals surface area contributed by atoms with Gasteiger partial charge in [-0.1, -0.05) is 12.1 Å². The van der Waals surface area contributed by atoms with Crippen molar-refractivity contribution in [2.24, 2.45) is 7.05 Å². The molecular formula is C19H23N5O. The molecule has 25 heavy (non-hydrogen) atoms. The molecule has 6 nitrogen and oxygen atoms in total. The Bertz CT molecular complexity index is 858. The Morgan fingerprint density at radius 2 is 1.96 bits per heavy atom. The van der Waals surface area contributed by atoms with Gasteiger partial charge in [-0.3, -0.25) is 0 Å². The molecule has 0 saturated carbocycles. The third kappa shape index (κ3) is 3.04. The van der Waals surface area contributed by atoms with Crippen LogP contribution in [0.5, 0.6) is 5.75 Å². The molecule has 2 aromatic heterocycles. The summed E-state index contributed by atoms with van der Waals surface area (Å²) in [6.45, 7) is 1.02. The second-order valence-electron chi connectivity index (χ2n) is 6.62. The first kappa shape index (κ1) is 15.9. The second-order valence-corrected chi connectivity index (χ2v) is 6.62. The third-order valence-corrected chi connectivity index (χ3v) is 5.01. The molecule has 0 bridgehead atoms. The maximum absolute atomic E-state index is 5.26. The first-order valence-corrected chi connectivity index (χ1v) is 8.78. The molecule has 3 heterocycles. The lowest BCUT2D eigenvalue weighted by Crippen LogP contribution is -2.41. The summed E-state index contributed by atoms with van der Waals surface area (Å²) in [7, 11) is 3.67. The van der Waals surface area contributed by atoms with Crippen LogP contribution in [0.25, 0.3) is 11.2 Å². The fourth-order valence-corrected chi connectivity index (χ4v) is 3.67. The molecular weight excluding hydrogens is 314 g/mol. The smallest absolute Gasteiger partial charge is 0.165 e. The monoisotopic (exact) mass is 337 g/mol. The Hall–Kier alpha value is -2.63. The van der Waals surface area contributed by atoms with E-state index in [1.54, 1.807) is 13.4 Å². The number of fused-ring (bicyclic) bond motifs is 1. The standard InChI is InChI=1S/C19H23N5O/c1-23-13-22-17-18(23)20-12-21-19(17)24-10-4-3-5-15(24)11-14-6-8-16(25-2)9-7-14/h6-9,12-13,15H,3-5,10-11H2,1-2H3. The van der Waals surface area contributed by atoms with Gasteiger partial charge in [0.05, 0.1) is 13.4 Å². The zero-order chi connectivity index (χ0) is 17.2. The number of anilines is 1. The molecule has 1 saturated heterocycles. The minimum atomic E-state index is 0.433. The molecule has 0 N–H and O–H groups in total.